The highest BCUT2D eigenvalue weighted by atomic mass is 16.2. The van der Waals surface area contributed by atoms with E-state index in [0.29, 0.717) is 24.2 Å². The van der Waals surface area contributed by atoms with Crippen LogP contribution in [0.1, 0.15) is 26.7 Å². The molecule has 6 nitrogen and oxygen atoms in total. The van der Waals surface area contributed by atoms with Gasteiger partial charge < -0.3 is 11.1 Å². The molecule has 0 unspecified atom stereocenters. The molecule has 1 heterocycles. The molecule has 0 saturated carbocycles. The molecule has 0 fully saturated rings. The lowest BCUT2D eigenvalue weighted by Gasteiger charge is -2.25. The third-order valence-corrected chi connectivity index (χ3v) is 3.76. The van der Waals surface area contributed by atoms with Crippen LogP contribution in [-0.4, -0.2) is 21.6 Å². The summed E-state index contributed by atoms with van der Waals surface area (Å²) in [4.78, 5) is 23.3. The number of hydrogen-bond donors (Lipinski definition) is 4. The Morgan fingerprint density at radius 1 is 1.19 bits per heavy atom. The quantitative estimate of drug-likeness (QED) is 0.674. The summed E-state index contributed by atoms with van der Waals surface area (Å²) >= 11 is 0. The van der Waals surface area contributed by atoms with E-state index in [0.717, 1.165) is 5.56 Å². The molecule has 0 spiro atoms. The van der Waals surface area contributed by atoms with Gasteiger partial charge in [-0.3, -0.25) is 19.8 Å². The van der Waals surface area contributed by atoms with Gasteiger partial charge in [0.05, 0.1) is 11.2 Å². The Morgan fingerprint density at radius 3 is 2.29 bits per heavy atom. The van der Waals surface area contributed by atoms with Gasteiger partial charge in [0.2, 0.25) is 5.91 Å². The fraction of sp³-hybridized carbons (Fsp3) is 0.333. The number of hydrogen-bond acceptors (Lipinski definition) is 3. The van der Waals surface area contributed by atoms with E-state index in [1.54, 1.807) is 12.1 Å². The highest BCUT2D eigenvalue weighted by Crippen LogP contribution is 2.20. The number of benzene rings is 1. The van der Waals surface area contributed by atoms with Gasteiger partial charge in [-0.15, -0.1) is 0 Å². The molecule has 0 aliphatic heterocycles. The molecule has 21 heavy (non-hydrogen) atoms. The molecule has 5 N–H and O–H groups in total. The zero-order valence-corrected chi connectivity index (χ0v) is 12.2. The van der Waals surface area contributed by atoms with Crippen LogP contribution in [0.5, 0.6) is 0 Å². The van der Waals surface area contributed by atoms with Crippen LogP contribution in [0.3, 0.4) is 0 Å². The van der Waals surface area contributed by atoms with Crippen molar-refractivity contribution >= 4 is 11.6 Å². The van der Waals surface area contributed by atoms with E-state index in [2.05, 4.69) is 15.5 Å². The third-order valence-electron chi connectivity index (χ3n) is 3.76. The molecule has 1 amide bonds. The van der Waals surface area contributed by atoms with Gasteiger partial charge in [0, 0.05) is 11.8 Å². The normalized spacial score (nSPS) is 11.4. The molecular weight excluding hydrogens is 268 g/mol. The predicted octanol–water partition coefficient (Wildman–Crippen LogP) is 1.83. The average Bonchev–Trinajstić information content (AvgIpc) is 2.93. The smallest absolute Gasteiger partial charge is 0.264 e. The first-order valence-electron chi connectivity index (χ1n) is 6.97. The first-order chi connectivity index (χ1) is 9.98. The first-order valence-corrected chi connectivity index (χ1v) is 6.97. The van der Waals surface area contributed by atoms with Gasteiger partial charge in [0.15, 0.2) is 0 Å². The summed E-state index contributed by atoms with van der Waals surface area (Å²) in [7, 11) is 0. The fourth-order valence-electron chi connectivity index (χ4n) is 2.05. The fourth-order valence-corrected chi connectivity index (χ4v) is 2.05. The average molecular weight is 288 g/mol. The molecule has 1 aromatic heterocycles. The van der Waals surface area contributed by atoms with Crippen molar-refractivity contribution in [1.29, 1.82) is 0 Å². The minimum atomic E-state index is -0.843. The molecule has 6 heteroatoms. The summed E-state index contributed by atoms with van der Waals surface area (Å²) in [5.41, 5.74) is 7.27. The van der Waals surface area contributed by atoms with Crippen molar-refractivity contribution in [2.24, 2.45) is 5.73 Å². The lowest BCUT2D eigenvalue weighted by molar-refractivity contribution is -0.121. The molecule has 0 radical (unpaired) electrons. The van der Waals surface area contributed by atoms with Crippen LogP contribution in [0.15, 0.2) is 35.1 Å². The zero-order chi connectivity index (χ0) is 15.5. The van der Waals surface area contributed by atoms with Gasteiger partial charge in [-0.1, -0.05) is 26.0 Å². The highest BCUT2D eigenvalue weighted by Gasteiger charge is 2.29. The highest BCUT2D eigenvalue weighted by molar-refractivity contribution is 5.98. The van der Waals surface area contributed by atoms with E-state index >= 15 is 0 Å². The Balaban J connectivity index is 2.13. The van der Waals surface area contributed by atoms with Crippen molar-refractivity contribution in [3.63, 3.8) is 0 Å². The Labute approximate surface area is 122 Å². The van der Waals surface area contributed by atoms with Crippen LogP contribution in [0.25, 0.3) is 11.3 Å². The molecule has 1 aromatic carbocycles. The Hall–Kier alpha value is -2.34. The van der Waals surface area contributed by atoms with Crippen molar-refractivity contribution in [3.8, 4) is 11.3 Å². The lowest BCUT2D eigenvalue weighted by Crippen LogP contribution is -2.50. The number of aromatic amines is 2. The van der Waals surface area contributed by atoms with Crippen LogP contribution in [0.4, 0.5) is 5.69 Å². The van der Waals surface area contributed by atoms with Gasteiger partial charge in [-0.2, -0.15) is 0 Å². The summed E-state index contributed by atoms with van der Waals surface area (Å²) in [6, 6.07) is 8.69. The number of nitrogens with one attached hydrogen (secondary N) is 3. The molecule has 0 aliphatic rings. The molecule has 112 valence electrons. The standard InChI is InChI=1S/C15H20N4O2/c1-3-15(16,4-2)14(21)17-11-7-5-10(6-8-11)12-9-13(20)19-18-12/h5-9H,3-4,16H2,1-2H3,(H,17,21)(H2,18,19,20). The second-order valence-electron chi connectivity index (χ2n) is 5.07. The summed E-state index contributed by atoms with van der Waals surface area (Å²) in [5.74, 6) is -0.185. The summed E-state index contributed by atoms with van der Waals surface area (Å²) in [5, 5.41) is 8.09. The second-order valence-corrected chi connectivity index (χ2v) is 5.07. The van der Waals surface area contributed by atoms with E-state index < -0.39 is 5.54 Å². The first kappa shape index (κ1) is 15.1. The van der Waals surface area contributed by atoms with Gasteiger partial charge in [0.25, 0.3) is 5.56 Å². The van der Waals surface area contributed by atoms with Crippen LogP contribution in [0.2, 0.25) is 0 Å². The topological polar surface area (TPSA) is 104 Å². The zero-order valence-electron chi connectivity index (χ0n) is 12.2. The van der Waals surface area contributed by atoms with Crippen LogP contribution in [-0.2, 0) is 4.79 Å². The minimum Gasteiger partial charge on any atom is -0.324 e. The summed E-state index contributed by atoms with van der Waals surface area (Å²) in [6.07, 6.45) is 1.16. The van der Waals surface area contributed by atoms with Gasteiger partial charge in [0.1, 0.15) is 0 Å². The number of nitrogens with two attached hydrogens (primary N) is 1. The van der Waals surface area contributed by atoms with Crippen LogP contribution < -0.4 is 16.6 Å². The summed E-state index contributed by atoms with van der Waals surface area (Å²) < 4.78 is 0. The second kappa shape index (κ2) is 5.97. The van der Waals surface area contributed by atoms with Gasteiger partial charge >= 0.3 is 0 Å². The largest absolute Gasteiger partial charge is 0.324 e. The number of aromatic nitrogens is 2. The number of amides is 1. The van der Waals surface area contributed by atoms with Crippen molar-refractivity contribution in [1.82, 2.24) is 10.2 Å². The van der Waals surface area contributed by atoms with Crippen molar-refractivity contribution in [2.75, 3.05) is 5.32 Å². The maximum Gasteiger partial charge on any atom is 0.264 e. The van der Waals surface area contributed by atoms with Crippen molar-refractivity contribution < 1.29 is 4.79 Å². The predicted molar refractivity (Wildman–Crippen MR) is 83.0 cm³/mol. The monoisotopic (exact) mass is 288 g/mol. The maximum absolute atomic E-state index is 12.2. The van der Waals surface area contributed by atoms with Crippen molar-refractivity contribution in [3.05, 3.63) is 40.7 Å². The van der Waals surface area contributed by atoms with Gasteiger partial charge in [-0.25, -0.2) is 0 Å². The van der Waals surface area contributed by atoms with E-state index in [1.807, 2.05) is 26.0 Å². The van der Waals surface area contributed by atoms with E-state index in [4.69, 9.17) is 5.73 Å². The number of anilines is 1. The van der Waals surface area contributed by atoms with E-state index in [9.17, 15) is 9.59 Å². The van der Waals surface area contributed by atoms with Crippen LogP contribution >= 0.6 is 0 Å². The lowest BCUT2D eigenvalue weighted by atomic mass is 9.93. The molecular formula is C15H20N4O2. The Morgan fingerprint density at radius 2 is 1.81 bits per heavy atom. The SMILES string of the molecule is CCC(N)(CC)C(=O)Nc1ccc(-c2cc(=O)[nH][nH]2)cc1. The minimum absolute atomic E-state index is 0.179. The Kier molecular flexibility index (Phi) is 4.28. The number of carbonyl (C=O) groups excluding carboxylic acids is 1. The third kappa shape index (κ3) is 3.22. The van der Waals surface area contributed by atoms with E-state index in [-0.39, 0.29) is 11.5 Å². The van der Waals surface area contributed by atoms with Crippen LogP contribution in [0, 0.1) is 0 Å². The van der Waals surface area contributed by atoms with Crippen molar-refractivity contribution in [2.45, 2.75) is 32.2 Å². The number of H-pyrrole nitrogens is 2. The molecule has 2 aromatic rings. The number of rotatable bonds is 5. The summed E-state index contributed by atoms with van der Waals surface area (Å²) in [6.45, 7) is 3.79. The Bertz CT molecular complexity index is 665. The molecule has 0 bridgehead atoms. The molecule has 0 atom stereocenters. The number of carbonyl (C=O) groups is 1. The molecule has 0 aliphatic carbocycles. The molecule has 2 rings (SSSR count). The molecule has 0 saturated heterocycles. The van der Waals surface area contributed by atoms with E-state index in [1.165, 1.54) is 6.07 Å². The maximum atomic E-state index is 12.2. The van der Waals surface area contributed by atoms with Gasteiger partial charge in [-0.05, 0) is 30.5 Å².